The number of benzene rings is 1. The van der Waals surface area contributed by atoms with Gasteiger partial charge in [-0.25, -0.2) is 9.37 Å². The van der Waals surface area contributed by atoms with E-state index in [1.165, 1.54) is 22.9 Å². The van der Waals surface area contributed by atoms with Gasteiger partial charge >= 0.3 is 0 Å². The molecule has 0 aliphatic heterocycles. The number of aryl methyl sites for hydroxylation is 1. The summed E-state index contributed by atoms with van der Waals surface area (Å²) in [5.74, 6) is -1.07. The first-order valence-corrected chi connectivity index (χ1v) is 5.85. The van der Waals surface area contributed by atoms with E-state index < -0.39 is 11.6 Å². The van der Waals surface area contributed by atoms with Crippen molar-refractivity contribution in [3.63, 3.8) is 0 Å². The van der Waals surface area contributed by atoms with Crippen LogP contribution in [-0.2, 0) is 7.05 Å². The van der Waals surface area contributed by atoms with E-state index in [4.69, 9.17) is 11.6 Å². The molecule has 88 valence electrons. The quantitative estimate of drug-likeness (QED) is 0.630. The Hall–Kier alpha value is -1.20. The minimum absolute atomic E-state index is 0.0903. The van der Waals surface area contributed by atoms with E-state index in [0.29, 0.717) is 4.47 Å². The van der Waals surface area contributed by atoms with Gasteiger partial charge in [0, 0.05) is 23.9 Å². The Balaban J connectivity index is 2.53. The van der Waals surface area contributed by atoms with E-state index in [0.717, 1.165) is 0 Å². The molecule has 1 aromatic carbocycles. The number of imidazole rings is 1. The Bertz CT molecular complexity index is 597. The lowest BCUT2D eigenvalue weighted by Crippen LogP contribution is -2.10. The number of aromatic nitrogens is 2. The zero-order valence-electron chi connectivity index (χ0n) is 8.75. The van der Waals surface area contributed by atoms with Crippen LogP contribution in [-0.4, -0.2) is 15.3 Å². The molecule has 2 rings (SSSR count). The van der Waals surface area contributed by atoms with Crippen LogP contribution in [0.15, 0.2) is 29.0 Å². The van der Waals surface area contributed by atoms with Gasteiger partial charge in [0.2, 0.25) is 5.78 Å². The number of rotatable bonds is 2. The van der Waals surface area contributed by atoms with Gasteiger partial charge in [-0.15, -0.1) is 0 Å². The van der Waals surface area contributed by atoms with Crippen molar-refractivity contribution in [1.82, 2.24) is 9.55 Å². The molecule has 0 unspecified atom stereocenters. The molecule has 0 saturated carbocycles. The molecule has 6 heteroatoms. The summed E-state index contributed by atoms with van der Waals surface area (Å²) in [5, 5.41) is -0.106. The molecular formula is C11H7BrClFN2O. The molecule has 0 spiro atoms. The molecule has 17 heavy (non-hydrogen) atoms. The largest absolute Gasteiger partial charge is 0.331 e. The van der Waals surface area contributed by atoms with Crippen LogP contribution in [0.5, 0.6) is 0 Å². The topological polar surface area (TPSA) is 34.9 Å². The second-order valence-corrected chi connectivity index (χ2v) is 4.65. The molecule has 0 radical (unpaired) electrons. The molecule has 0 aliphatic rings. The lowest BCUT2D eigenvalue weighted by Gasteiger charge is -2.05. The number of carbonyl (C=O) groups excluding carboxylic acids is 1. The van der Waals surface area contributed by atoms with E-state index in [9.17, 15) is 9.18 Å². The van der Waals surface area contributed by atoms with Crippen molar-refractivity contribution in [2.75, 3.05) is 0 Å². The minimum atomic E-state index is -0.742. The Morgan fingerprint density at radius 2 is 2.24 bits per heavy atom. The minimum Gasteiger partial charge on any atom is -0.331 e. The fourth-order valence-corrected chi connectivity index (χ4v) is 1.88. The molecule has 0 bridgehead atoms. The molecule has 0 aliphatic carbocycles. The van der Waals surface area contributed by atoms with Crippen LogP contribution < -0.4 is 0 Å². The van der Waals surface area contributed by atoms with Gasteiger partial charge < -0.3 is 4.57 Å². The predicted octanol–water partition coefficient (Wildman–Crippen LogP) is 3.21. The number of ketones is 1. The highest BCUT2D eigenvalue weighted by molar-refractivity contribution is 9.10. The van der Waals surface area contributed by atoms with Gasteiger partial charge in [-0.2, -0.15) is 0 Å². The molecule has 0 fully saturated rings. The summed E-state index contributed by atoms with van der Waals surface area (Å²) in [7, 11) is 1.67. The van der Waals surface area contributed by atoms with E-state index in [2.05, 4.69) is 20.9 Å². The van der Waals surface area contributed by atoms with Crippen molar-refractivity contribution in [2.24, 2.45) is 7.05 Å². The summed E-state index contributed by atoms with van der Waals surface area (Å²) >= 11 is 8.82. The van der Waals surface area contributed by atoms with Crippen LogP contribution in [0.4, 0.5) is 4.39 Å². The first kappa shape index (κ1) is 12.3. The molecular weight excluding hydrogens is 310 g/mol. The number of halogens is 3. The van der Waals surface area contributed by atoms with Crippen LogP contribution in [0.2, 0.25) is 5.02 Å². The van der Waals surface area contributed by atoms with Crippen molar-refractivity contribution < 1.29 is 9.18 Å². The van der Waals surface area contributed by atoms with Crippen LogP contribution in [0.1, 0.15) is 16.2 Å². The third-order valence-electron chi connectivity index (χ3n) is 2.30. The van der Waals surface area contributed by atoms with Crippen LogP contribution in [0.25, 0.3) is 0 Å². The fourth-order valence-electron chi connectivity index (χ4n) is 1.41. The van der Waals surface area contributed by atoms with Gasteiger partial charge in [-0.3, -0.25) is 4.79 Å². The van der Waals surface area contributed by atoms with Gasteiger partial charge in [0.15, 0.2) is 11.6 Å². The maximum Gasteiger partial charge on any atom is 0.231 e. The summed E-state index contributed by atoms with van der Waals surface area (Å²) < 4.78 is 15.8. The molecule has 0 N–H and O–H groups in total. The smallest absolute Gasteiger partial charge is 0.231 e. The second kappa shape index (κ2) is 4.58. The number of hydrogen-bond acceptors (Lipinski definition) is 2. The summed E-state index contributed by atoms with van der Waals surface area (Å²) in [6.45, 7) is 0. The van der Waals surface area contributed by atoms with Gasteiger partial charge in [-0.05, 0) is 28.1 Å². The lowest BCUT2D eigenvalue weighted by molar-refractivity contribution is 0.102. The Morgan fingerprint density at radius 1 is 1.53 bits per heavy atom. The highest BCUT2D eigenvalue weighted by Gasteiger charge is 2.20. The Kier molecular flexibility index (Phi) is 3.31. The monoisotopic (exact) mass is 316 g/mol. The first-order chi connectivity index (χ1) is 8.02. The maximum atomic E-state index is 13.8. The van der Waals surface area contributed by atoms with Gasteiger partial charge in [0.1, 0.15) is 0 Å². The van der Waals surface area contributed by atoms with Crippen molar-refractivity contribution in [3.05, 3.63) is 51.2 Å². The molecule has 1 aromatic heterocycles. The normalized spacial score (nSPS) is 10.6. The second-order valence-electron chi connectivity index (χ2n) is 3.41. The molecule has 3 nitrogen and oxygen atoms in total. The van der Waals surface area contributed by atoms with Gasteiger partial charge in [0.05, 0.1) is 10.6 Å². The standard InChI is InChI=1S/C11H7BrClFN2O/c1-16-5-4-15-11(16)10(17)6-2-3-7(12)8(13)9(6)14/h2-5H,1H3. The highest BCUT2D eigenvalue weighted by atomic mass is 79.9. The Morgan fingerprint density at radius 3 is 2.82 bits per heavy atom. The predicted molar refractivity (Wildman–Crippen MR) is 65.8 cm³/mol. The van der Waals surface area contributed by atoms with Crippen LogP contribution in [0.3, 0.4) is 0 Å². The lowest BCUT2D eigenvalue weighted by atomic mass is 10.1. The van der Waals surface area contributed by atoms with E-state index in [1.807, 2.05) is 0 Å². The molecule has 0 amide bonds. The SMILES string of the molecule is Cn1ccnc1C(=O)c1ccc(Br)c(Cl)c1F. The average Bonchev–Trinajstić information content (AvgIpc) is 2.72. The molecule has 1 heterocycles. The highest BCUT2D eigenvalue weighted by Crippen LogP contribution is 2.28. The third kappa shape index (κ3) is 2.12. The zero-order chi connectivity index (χ0) is 12.6. The van der Waals surface area contributed by atoms with Crippen molar-refractivity contribution >= 4 is 33.3 Å². The van der Waals surface area contributed by atoms with Gasteiger partial charge in [0.25, 0.3) is 0 Å². The molecule has 0 atom stereocenters. The number of carbonyl (C=O) groups is 1. The van der Waals surface area contributed by atoms with Crippen molar-refractivity contribution in [3.8, 4) is 0 Å². The van der Waals surface area contributed by atoms with E-state index >= 15 is 0 Å². The Labute approximate surface area is 110 Å². The number of hydrogen-bond donors (Lipinski definition) is 0. The van der Waals surface area contributed by atoms with Crippen molar-refractivity contribution in [2.45, 2.75) is 0 Å². The van der Waals surface area contributed by atoms with E-state index in [-0.39, 0.29) is 16.4 Å². The third-order valence-corrected chi connectivity index (χ3v) is 3.56. The summed E-state index contributed by atoms with van der Waals surface area (Å²) in [6, 6.07) is 2.91. The van der Waals surface area contributed by atoms with Crippen molar-refractivity contribution in [1.29, 1.82) is 0 Å². The first-order valence-electron chi connectivity index (χ1n) is 4.68. The number of nitrogens with zero attached hydrogens (tertiary/aromatic N) is 2. The van der Waals surface area contributed by atoms with Gasteiger partial charge in [-0.1, -0.05) is 11.6 Å². The summed E-state index contributed by atoms with van der Waals surface area (Å²) in [6.07, 6.45) is 3.09. The summed E-state index contributed by atoms with van der Waals surface area (Å²) in [4.78, 5) is 15.9. The van der Waals surface area contributed by atoms with Crippen LogP contribution in [0, 0.1) is 5.82 Å². The maximum absolute atomic E-state index is 13.8. The molecule has 0 saturated heterocycles. The fraction of sp³-hybridized carbons (Fsp3) is 0.0909. The zero-order valence-corrected chi connectivity index (χ0v) is 11.1. The van der Waals surface area contributed by atoms with E-state index in [1.54, 1.807) is 13.2 Å². The van der Waals surface area contributed by atoms with Crippen LogP contribution >= 0.6 is 27.5 Å². The molecule has 2 aromatic rings. The average molecular weight is 318 g/mol. The summed E-state index contributed by atoms with van der Waals surface area (Å²) in [5.41, 5.74) is -0.0903.